The molecule has 22 heavy (non-hydrogen) atoms. The zero-order valence-corrected chi connectivity index (χ0v) is 12.7. The van der Waals surface area contributed by atoms with Crippen LogP contribution in [0.1, 0.15) is 29.8 Å². The lowest BCUT2D eigenvalue weighted by Gasteiger charge is -2.24. The maximum absolute atomic E-state index is 13.1. The van der Waals surface area contributed by atoms with E-state index in [9.17, 15) is 9.90 Å². The van der Waals surface area contributed by atoms with E-state index in [4.69, 9.17) is 0 Å². The molecule has 0 aromatic heterocycles. The Labute approximate surface area is 130 Å². The van der Waals surface area contributed by atoms with Gasteiger partial charge in [-0.15, -0.1) is 0 Å². The lowest BCUT2D eigenvalue weighted by atomic mass is 9.77. The number of rotatable bonds is 3. The third-order valence-corrected chi connectivity index (χ3v) is 4.21. The van der Waals surface area contributed by atoms with Crippen molar-refractivity contribution in [2.45, 2.75) is 19.3 Å². The van der Waals surface area contributed by atoms with E-state index in [0.29, 0.717) is 10.9 Å². The second-order valence-electron chi connectivity index (χ2n) is 6.00. The molecule has 3 rings (SSSR count). The minimum atomic E-state index is -0.624. The Balaban J connectivity index is 2.16. The molecule has 0 spiro atoms. The summed E-state index contributed by atoms with van der Waals surface area (Å²) < 4.78 is 0. The third-order valence-electron chi connectivity index (χ3n) is 4.21. The highest BCUT2D eigenvalue weighted by molar-refractivity contribution is 6.13. The second-order valence-corrected chi connectivity index (χ2v) is 6.00. The van der Waals surface area contributed by atoms with Gasteiger partial charge in [0.05, 0.1) is 5.41 Å². The van der Waals surface area contributed by atoms with Gasteiger partial charge in [-0.25, -0.2) is 0 Å². The zero-order chi connectivity index (χ0) is 15.7. The minimum Gasteiger partial charge on any atom is -0.507 e. The summed E-state index contributed by atoms with van der Waals surface area (Å²) >= 11 is 0. The van der Waals surface area contributed by atoms with Crippen LogP contribution in [0.15, 0.2) is 66.7 Å². The maximum atomic E-state index is 13.1. The van der Waals surface area contributed by atoms with Crippen molar-refractivity contribution in [1.82, 2.24) is 0 Å². The Bertz CT molecular complexity index is 833. The summed E-state index contributed by atoms with van der Waals surface area (Å²) in [5.74, 6) is 0.250. The molecular formula is C20H18O2. The normalized spacial score (nSPS) is 11.5. The van der Waals surface area contributed by atoms with Gasteiger partial charge >= 0.3 is 0 Å². The number of ketones is 1. The van der Waals surface area contributed by atoms with Crippen molar-refractivity contribution in [3.05, 3.63) is 77.9 Å². The fourth-order valence-electron chi connectivity index (χ4n) is 2.80. The number of phenolic OH excluding ortho intramolecular Hbond substituents is 1. The fraction of sp³-hybridized carbons (Fsp3) is 0.150. The average Bonchev–Trinajstić information content (AvgIpc) is 2.56. The number of benzene rings is 3. The number of hydrogen-bond donors (Lipinski definition) is 1. The Morgan fingerprint density at radius 2 is 1.41 bits per heavy atom. The lowest BCUT2D eigenvalue weighted by molar-refractivity contribution is 0.0910. The largest absolute Gasteiger partial charge is 0.507 e. The van der Waals surface area contributed by atoms with Crippen LogP contribution in [0.5, 0.6) is 5.75 Å². The Hall–Kier alpha value is -2.61. The van der Waals surface area contributed by atoms with Gasteiger partial charge in [-0.3, -0.25) is 4.79 Å². The topological polar surface area (TPSA) is 37.3 Å². The molecule has 3 aromatic carbocycles. The van der Waals surface area contributed by atoms with Crippen LogP contribution in [0.3, 0.4) is 0 Å². The number of carbonyl (C=O) groups excluding carboxylic acids is 1. The van der Waals surface area contributed by atoms with Gasteiger partial charge in [0, 0.05) is 10.9 Å². The van der Waals surface area contributed by atoms with Crippen molar-refractivity contribution in [3.63, 3.8) is 0 Å². The van der Waals surface area contributed by atoms with E-state index in [-0.39, 0.29) is 11.5 Å². The third kappa shape index (κ3) is 2.27. The first-order valence-electron chi connectivity index (χ1n) is 7.33. The molecule has 0 aliphatic carbocycles. The van der Waals surface area contributed by atoms with Gasteiger partial charge in [0.1, 0.15) is 5.75 Å². The van der Waals surface area contributed by atoms with Gasteiger partial charge in [-0.1, -0.05) is 54.6 Å². The van der Waals surface area contributed by atoms with Crippen LogP contribution in [0.25, 0.3) is 10.8 Å². The highest BCUT2D eigenvalue weighted by Gasteiger charge is 2.31. The van der Waals surface area contributed by atoms with Crippen LogP contribution in [-0.2, 0) is 5.41 Å². The Morgan fingerprint density at radius 1 is 0.818 bits per heavy atom. The molecule has 0 unspecified atom stereocenters. The highest BCUT2D eigenvalue weighted by atomic mass is 16.3. The SMILES string of the molecule is CC(C)(C(=O)c1ccc(O)c2ccccc12)c1ccccc1. The molecule has 3 aromatic rings. The van der Waals surface area contributed by atoms with Crippen molar-refractivity contribution in [3.8, 4) is 5.75 Å². The van der Waals surface area contributed by atoms with Gasteiger partial charge in [-0.2, -0.15) is 0 Å². The average molecular weight is 290 g/mol. The van der Waals surface area contributed by atoms with Gasteiger partial charge in [0.25, 0.3) is 0 Å². The molecule has 0 saturated carbocycles. The van der Waals surface area contributed by atoms with Gasteiger partial charge in [0.2, 0.25) is 0 Å². The van der Waals surface area contributed by atoms with E-state index < -0.39 is 5.41 Å². The summed E-state index contributed by atoms with van der Waals surface area (Å²) in [5.41, 5.74) is 1.00. The van der Waals surface area contributed by atoms with Crippen molar-refractivity contribution in [2.75, 3.05) is 0 Å². The van der Waals surface area contributed by atoms with Gasteiger partial charge < -0.3 is 5.11 Å². The van der Waals surface area contributed by atoms with E-state index in [1.54, 1.807) is 12.1 Å². The number of aromatic hydroxyl groups is 1. The van der Waals surface area contributed by atoms with Crippen LogP contribution in [0, 0.1) is 0 Å². The number of carbonyl (C=O) groups is 1. The highest BCUT2D eigenvalue weighted by Crippen LogP contribution is 2.33. The smallest absolute Gasteiger partial charge is 0.173 e. The summed E-state index contributed by atoms with van der Waals surface area (Å²) in [7, 11) is 0. The molecule has 0 amide bonds. The summed E-state index contributed by atoms with van der Waals surface area (Å²) in [5, 5.41) is 11.5. The lowest BCUT2D eigenvalue weighted by Crippen LogP contribution is -2.29. The number of fused-ring (bicyclic) bond motifs is 1. The van der Waals surface area contributed by atoms with Crippen molar-refractivity contribution < 1.29 is 9.90 Å². The van der Waals surface area contributed by atoms with E-state index in [1.807, 2.05) is 68.4 Å². The molecule has 0 heterocycles. The molecule has 110 valence electrons. The molecule has 2 nitrogen and oxygen atoms in total. The van der Waals surface area contributed by atoms with Crippen LogP contribution in [0.2, 0.25) is 0 Å². The second kappa shape index (κ2) is 5.30. The monoisotopic (exact) mass is 290 g/mol. The van der Waals surface area contributed by atoms with Crippen LogP contribution in [-0.4, -0.2) is 10.9 Å². The molecular weight excluding hydrogens is 272 g/mol. The van der Waals surface area contributed by atoms with Gasteiger partial charge in [-0.05, 0) is 36.9 Å². The summed E-state index contributed by atoms with van der Waals surface area (Å²) in [4.78, 5) is 13.1. The first kappa shape index (κ1) is 14.3. The summed E-state index contributed by atoms with van der Waals surface area (Å²) in [6.45, 7) is 3.87. The minimum absolute atomic E-state index is 0.0508. The fourth-order valence-corrected chi connectivity index (χ4v) is 2.80. The number of phenols is 1. The molecule has 1 N–H and O–H groups in total. The summed E-state index contributed by atoms with van der Waals surface area (Å²) in [6, 6.07) is 20.5. The standard InChI is InChI=1S/C20H18O2/c1-20(2,14-8-4-3-5-9-14)19(22)17-12-13-18(21)16-11-7-6-10-15(16)17/h3-13,21H,1-2H3. The van der Waals surface area contributed by atoms with Crippen molar-refractivity contribution >= 4 is 16.6 Å². The molecule has 0 aliphatic heterocycles. The molecule has 0 radical (unpaired) electrons. The van der Waals surface area contributed by atoms with E-state index >= 15 is 0 Å². The first-order chi connectivity index (χ1) is 10.5. The Morgan fingerprint density at radius 3 is 2.09 bits per heavy atom. The van der Waals surface area contributed by atoms with Crippen molar-refractivity contribution in [1.29, 1.82) is 0 Å². The molecule has 2 heteroatoms. The number of hydrogen-bond acceptors (Lipinski definition) is 2. The van der Waals surface area contributed by atoms with E-state index in [1.165, 1.54) is 0 Å². The van der Waals surface area contributed by atoms with E-state index in [0.717, 1.165) is 10.9 Å². The predicted octanol–water partition coefficient (Wildman–Crippen LogP) is 4.71. The quantitative estimate of drug-likeness (QED) is 0.709. The molecule has 0 atom stereocenters. The predicted molar refractivity (Wildman–Crippen MR) is 89.4 cm³/mol. The van der Waals surface area contributed by atoms with Crippen LogP contribution in [0.4, 0.5) is 0 Å². The molecule has 0 fully saturated rings. The molecule has 0 aliphatic rings. The molecule has 0 saturated heterocycles. The van der Waals surface area contributed by atoms with Crippen LogP contribution >= 0.6 is 0 Å². The van der Waals surface area contributed by atoms with Gasteiger partial charge in [0.15, 0.2) is 5.78 Å². The zero-order valence-electron chi connectivity index (χ0n) is 12.7. The molecule has 0 bridgehead atoms. The Kier molecular flexibility index (Phi) is 3.45. The van der Waals surface area contributed by atoms with Crippen LogP contribution < -0.4 is 0 Å². The van der Waals surface area contributed by atoms with Crippen molar-refractivity contribution in [2.24, 2.45) is 0 Å². The summed E-state index contributed by atoms with van der Waals surface area (Å²) in [6.07, 6.45) is 0. The first-order valence-corrected chi connectivity index (χ1v) is 7.33. The van der Waals surface area contributed by atoms with E-state index in [2.05, 4.69) is 0 Å². The number of Topliss-reactive ketones (excluding diaryl/α,β-unsaturated/α-hetero) is 1. The maximum Gasteiger partial charge on any atom is 0.173 e.